The summed E-state index contributed by atoms with van der Waals surface area (Å²) < 4.78 is 16.9. The van der Waals surface area contributed by atoms with Crippen LogP contribution in [-0.4, -0.2) is 123 Å². The summed E-state index contributed by atoms with van der Waals surface area (Å²) >= 11 is 0. The lowest BCUT2D eigenvalue weighted by molar-refractivity contribution is -0.155. The van der Waals surface area contributed by atoms with Crippen LogP contribution in [0.1, 0.15) is 107 Å². The van der Waals surface area contributed by atoms with Crippen molar-refractivity contribution < 1.29 is 38.2 Å². The number of aryl methyl sites for hydroxylation is 1. The molecule has 0 aromatic heterocycles. The number of likely N-dealkylation sites (tertiary alicyclic amines) is 1. The predicted molar refractivity (Wildman–Crippen MR) is 218 cm³/mol. The molecular formula is C42H75N5O8. The minimum atomic E-state index is -0.834. The molecule has 0 bridgehead atoms. The molecule has 3 N–H and O–H groups in total. The van der Waals surface area contributed by atoms with E-state index in [4.69, 9.17) is 14.2 Å². The molecule has 1 saturated heterocycles. The molecule has 1 aromatic rings. The molecule has 1 aliphatic heterocycles. The van der Waals surface area contributed by atoms with Crippen LogP contribution in [0.3, 0.4) is 0 Å². The van der Waals surface area contributed by atoms with Gasteiger partial charge in [0.25, 0.3) is 0 Å². The summed E-state index contributed by atoms with van der Waals surface area (Å²) in [5.41, 5.74) is -0.176. The quantitative estimate of drug-likeness (QED) is 0.188. The van der Waals surface area contributed by atoms with Crippen molar-refractivity contribution >= 4 is 29.6 Å². The Morgan fingerprint density at radius 1 is 0.927 bits per heavy atom. The fraction of sp³-hybridized carbons (Fsp3) is 0.738. The molecule has 13 nitrogen and oxygen atoms in total. The van der Waals surface area contributed by atoms with Crippen LogP contribution in [0.2, 0.25) is 0 Å². The zero-order chi connectivity index (χ0) is 42.5. The van der Waals surface area contributed by atoms with Crippen LogP contribution in [0.5, 0.6) is 0 Å². The van der Waals surface area contributed by atoms with E-state index in [0.29, 0.717) is 13.0 Å². The highest BCUT2D eigenvalue weighted by Gasteiger charge is 2.42. The Morgan fingerprint density at radius 3 is 1.96 bits per heavy atom. The van der Waals surface area contributed by atoms with Gasteiger partial charge in [-0.1, -0.05) is 83.4 Å². The topological polar surface area (TPSA) is 156 Å². The van der Waals surface area contributed by atoms with Gasteiger partial charge in [-0.15, -0.1) is 0 Å². The largest absolute Gasteiger partial charge is 0.459 e. The Kier molecular flexibility index (Phi) is 23.9. The van der Waals surface area contributed by atoms with Gasteiger partial charge in [0.05, 0.1) is 48.7 Å². The first-order valence-electron chi connectivity index (χ1n) is 19.7. The number of hydrogen-bond acceptors (Lipinski definition) is 9. The maximum Gasteiger partial charge on any atom is 0.325 e. The third kappa shape index (κ3) is 18.3. The number of carbonyl (C=O) groups excluding carboxylic acids is 5. The van der Waals surface area contributed by atoms with Gasteiger partial charge in [0, 0.05) is 27.8 Å². The van der Waals surface area contributed by atoms with E-state index in [9.17, 15) is 24.0 Å². The summed E-state index contributed by atoms with van der Waals surface area (Å²) in [5, 5.41) is 8.24. The number of methoxy groups -OCH3 is 2. The van der Waals surface area contributed by atoms with Crippen LogP contribution < -0.4 is 16.0 Å². The van der Waals surface area contributed by atoms with Crippen molar-refractivity contribution in [3.05, 3.63) is 35.9 Å². The van der Waals surface area contributed by atoms with Crippen LogP contribution in [0.25, 0.3) is 0 Å². The Labute approximate surface area is 332 Å². The standard InChI is InChI=1S/C32H59N5O8.C7H8.C3H8/c1-13-20(2)27(36(10)25(39)18-35-30(42)32(7,8)33-9)23(43-11)17-24(38)37-16-14-15-22(37)28(44-12)21(3)29(41)34-19-26(40)45-31(4,5)6;1-7-5-3-2-4-6-7;1-3-2/h20-23,27-28,33H,13-19H2,1-12H3,(H,34,41)(H,35,42);2-6H,1H3;3H2,1-2H3. The molecule has 1 aromatic carbocycles. The van der Waals surface area contributed by atoms with E-state index in [1.54, 1.807) is 65.4 Å². The molecule has 1 aliphatic rings. The average Bonchev–Trinajstić information content (AvgIpc) is 3.62. The summed E-state index contributed by atoms with van der Waals surface area (Å²) in [7, 11) is 6.38. The van der Waals surface area contributed by atoms with Crippen molar-refractivity contribution in [2.45, 2.75) is 144 Å². The molecule has 1 fully saturated rings. The molecule has 13 heteroatoms. The van der Waals surface area contributed by atoms with Gasteiger partial charge in [-0.3, -0.25) is 24.0 Å². The van der Waals surface area contributed by atoms with E-state index < -0.39 is 41.3 Å². The predicted octanol–water partition coefficient (Wildman–Crippen LogP) is 4.89. The normalized spacial score (nSPS) is 16.8. The molecular weight excluding hydrogens is 702 g/mol. The van der Waals surface area contributed by atoms with Crippen molar-refractivity contribution in [3.63, 3.8) is 0 Å². The molecule has 55 heavy (non-hydrogen) atoms. The monoisotopic (exact) mass is 778 g/mol. The lowest BCUT2D eigenvalue weighted by atomic mass is 9.90. The van der Waals surface area contributed by atoms with Gasteiger partial charge in [0.1, 0.15) is 12.1 Å². The number of nitrogens with one attached hydrogen (secondary N) is 3. The average molecular weight is 778 g/mol. The zero-order valence-electron chi connectivity index (χ0n) is 36.7. The molecule has 2 rings (SSSR count). The van der Waals surface area contributed by atoms with E-state index in [1.165, 1.54) is 26.2 Å². The Morgan fingerprint density at radius 2 is 1.51 bits per heavy atom. The van der Waals surface area contributed by atoms with Crippen LogP contribution in [0.15, 0.2) is 30.3 Å². The highest BCUT2D eigenvalue weighted by molar-refractivity contribution is 5.90. The first-order valence-corrected chi connectivity index (χ1v) is 19.7. The summed E-state index contributed by atoms with van der Waals surface area (Å²) in [6.07, 6.45) is 2.20. The number of esters is 1. The summed E-state index contributed by atoms with van der Waals surface area (Å²) in [5.74, 6) is -2.31. The second-order valence-electron chi connectivity index (χ2n) is 15.9. The van der Waals surface area contributed by atoms with Gasteiger partial charge in [0.2, 0.25) is 23.6 Å². The van der Waals surface area contributed by atoms with E-state index in [1.807, 2.05) is 32.0 Å². The van der Waals surface area contributed by atoms with Gasteiger partial charge in [-0.25, -0.2) is 0 Å². The van der Waals surface area contributed by atoms with Gasteiger partial charge in [0.15, 0.2) is 0 Å². The van der Waals surface area contributed by atoms with Crippen molar-refractivity contribution in [1.82, 2.24) is 25.8 Å². The maximum absolute atomic E-state index is 13.8. The van der Waals surface area contributed by atoms with Crippen LogP contribution in [0.4, 0.5) is 0 Å². The second kappa shape index (κ2) is 25.6. The smallest absolute Gasteiger partial charge is 0.325 e. The van der Waals surface area contributed by atoms with E-state index in [-0.39, 0.29) is 55.1 Å². The third-order valence-corrected chi connectivity index (χ3v) is 9.66. The Bertz CT molecular complexity index is 1300. The highest BCUT2D eigenvalue weighted by atomic mass is 16.6. The van der Waals surface area contributed by atoms with E-state index in [2.05, 4.69) is 48.9 Å². The summed E-state index contributed by atoms with van der Waals surface area (Å²) in [6.45, 7) is 20.8. The van der Waals surface area contributed by atoms with Crippen molar-refractivity contribution in [2.75, 3.05) is 47.9 Å². The van der Waals surface area contributed by atoms with Crippen LogP contribution in [-0.2, 0) is 38.2 Å². The molecule has 6 atom stereocenters. The van der Waals surface area contributed by atoms with Gasteiger partial charge >= 0.3 is 5.97 Å². The van der Waals surface area contributed by atoms with Crippen molar-refractivity contribution in [3.8, 4) is 0 Å². The lowest BCUT2D eigenvalue weighted by Crippen LogP contribution is -2.56. The number of amides is 4. The Hall–Kier alpha value is -3.55. The van der Waals surface area contributed by atoms with Gasteiger partial charge in [-0.05, 0) is 67.3 Å². The number of likely N-dealkylation sites (N-methyl/N-ethyl adjacent to an activating group) is 2. The molecule has 316 valence electrons. The number of nitrogens with zero attached hydrogens (tertiary/aromatic N) is 2. The zero-order valence-corrected chi connectivity index (χ0v) is 36.7. The van der Waals surface area contributed by atoms with Crippen molar-refractivity contribution in [2.24, 2.45) is 11.8 Å². The molecule has 0 spiro atoms. The fourth-order valence-electron chi connectivity index (χ4n) is 6.17. The lowest BCUT2D eigenvalue weighted by Gasteiger charge is -2.39. The van der Waals surface area contributed by atoms with Crippen LogP contribution in [0, 0.1) is 18.8 Å². The van der Waals surface area contributed by atoms with E-state index in [0.717, 1.165) is 12.8 Å². The first-order chi connectivity index (χ1) is 25.7. The number of rotatable bonds is 17. The number of ether oxygens (including phenoxy) is 3. The number of carbonyl (C=O) groups is 5. The van der Waals surface area contributed by atoms with Gasteiger partial charge in [-0.2, -0.15) is 0 Å². The third-order valence-electron chi connectivity index (χ3n) is 9.66. The summed E-state index contributed by atoms with van der Waals surface area (Å²) in [4.78, 5) is 68.0. The number of benzene rings is 1. The number of hydrogen-bond donors (Lipinski definition) is 3. The van der Waals surface area contributed by atoms with Crippen LogP contribution >= 0.6 is 0 Å². The summed E-state index contributed by atoms with van der Waals surface area (Å²) in [6, 6.07) is 9.48. The minimum Gasteiger partial charge on any atom is -0.459 e. The molecule has 0 radical (unpaired) electrons. The molecule has 0 aliphatic carbocycles. The highest BCUT2D eigenvalue weighted by Crippen LogP contribution is 2.29. The van der Waals surface area contributed by atoms with Crippen molar-refractivity contribution in [1.29, 1.82) is 0 Å². The molecule has 6 unspecified atom stereocenters. The fourth-order valence-corrected chi connectivity index (χ4v) is 6.17. The molecule has 4 amide bonds. The second-order valence-corrected chi connectivity index (χ2v) is 15.9. The minimum absolute atomic E-state index is 0.00376. The maximum atomic E-state index is 13.8. The van der Waals surface area contributed by atoms with Gasteiger partial charge < -0.3 is 40.0 Å². The molecule has 0 saturated carbocycles. The Balaban J connectivity index is 0.00000253. The SMILES string of the molecule is CCC.CCC(C)C(C(CC(=O)N1CCCC1C(OC)C(C)C(=O)NCC(=O)OC(C)(C)C)OC)N(C)C(=O)CNC(=O)C(C)(C)NC.Cc1ccccc1. The van der Waals surface area contributed by atoms with E-state index >= 15 is 0 Å². The molecule has 1 heterocycles. The first kappa shape index (κ1) is 51.5.